The second-order valence-electron chi connectivity index (χ2n) is 6.37. The lowest BCUT2D eigenvalue weighted by atomic mass is 10.2. The number of fused-ring (bicyclic) bond motifs is 2. The number of para-hydroxylation sites is 1. The molecule has 0 aliphatic heterocycles. The number of carbonyl (C=O) groups excluding carboxylic acids is 1. The van der Waals surface area contributed by atoms with Crippen LogP contribution in [0, 0.1) is 6.92 Å². The van der Waals surface area contributed by atoms with Gasteiger partial charge in [0.15, 0.2) is 5.01 Å². The van der Waals surface area contributed by atoms with Crippen molar-refractivity contribution in [3.63, 3.8) is 0 Å². The average Bonchev–Trinajstić information content (AvgIpc) is 3.27. The van der Waals surface area contributed by atoms with E-state index < -0.39 is 0 Å². The van der Waals surface area contributed by atoms with Crippen LogP contribution in [0.4, 0.5) is 0 Å². The number of hydrogen-bond donors (Lipinski definition) is 0. The Morgan fingerprint density at radius 2 is 2.00 bits per heavy atom. The minimum Gasteiger partial charge on any atom is -0.458 e. The molecule has 0 aliphatic rings. The standard InChI is InChI=1S/C19H18N4O3S2/c1-12-10-17(24)23-19(20-12)28-16(22-23)11-26-18(25)9-5-4-8-15-21-13-6-2-3-7-14(13)27-15/h2-3,6-7,10H,4-5,8-9,11H2,1H3. The molecule has 0 aliphatic carbocycles. The predicted molar refractivity (Wildman–Crippen MR) is 109 cm³/mol. The zero-order chi connectivity index (χ0) is 19.5. The normalized spacial score (nSPS) is 11.3. The van der Waals surface area contributed by atoms with E-state index in [0.717, 1.165) is 29.8 Å². The molecular weight excluding hydrogens is 396 g/mol. The third kappa shape index (κ3) is 4.26. The number of thiazole rings is 1. The third-order valence-electron chi connectivity index (χ3n) is 4.13. The van der Waals surface area contributed by atoms with Gasteiger partial charge in [-0.1, -0.05) is 23.5 Å². The summed E-state index contributed by atoms with van der Waals surface area (Å²) in [6.07, 6.45) is 2.84. The summed E-state index contributed by atoms with van der Waals surface area (Å²) in [6, 6.07) is 9.51. The van der Waals surface area contributed by atoms with Gasteiger partial charge in [-0.15, -0.1) is 11.3 Å². The Morgan fingerprint density at radius 3 is 2.86 bits per heavy atom. The van der Waals surface area contributed by atoms with Crippen LogP contribution in [0.2, 0.25) is 0 Å². The zero-order valence-electron chi connectivity index (χ0n) is 15.3. The van der Waals surface area contributed by atoms with Gasteiger partial charge >= 0.3 is 5.97 Å². The molecule has 0 N–H and O–H groups in total. The molecule has 0 saturated carbocycles. The molecule has 0 spiro atoms. The van der Waals surface area contributed by atoms with Crippen molar-refractivity contribution in [1.82, 2.24) is 19.6 Å². The number of aromatic nitrogens is 4. The summed E-state index contributed by atoms with van der Waals surface area (Å²) in [4.78, 5) is 33.2. The van der Waals surface area contributed by atoms with Crippen LogP contribution < -0.4 is 5.56 Å². The van der Waals surface area contributed by atoms with E-state index in [2.05, 4.69) is 21.1 Å². The van der Waals surface area contributed by atoms with Crippen LogP contribution in [0.15, 0.2) is 35.1 Å². The highest BCUT2D eigenvalue weighted by Crippen LogP contribution is 2.23. The molecular formula is C19H18N4O3S2. The largest absolute Gasteiger partial charge is 0.458 e. The molecule has 144 valence electrons. The van der Waals surface area contributed by atoms with Gasteiger partial charge < -0.3 is 4.74 Å². The number of hydrogen-bond acceptors (Lipinski definition) is 8. The number of nitrogens with zero attached hydrogens (tertiary/aromatic N) is 4. The third-order valence-corrected chi connectivity index (χ3v) is 6.11. The molecule has 28 heavy (non-hydrogen) atoms. The molecule has 0 fully saturated rings. The summed E-state index contributed by atoms with van der Waals surface area (Å²) in [7, 11) is 0. The maximum absolute atomic E-state index is 12.0. The summed E-state index contributed by atoms with van der Waals surface area (Å²) in [5.41, 5.74) is 1.44. The van der Waals surface area contributed by atoms with Crippen LogP contribution in [0.5, 0.6) is 0 Å². The van der Waals surface area contributed by atoms with Gasteiger partial charge in [-0.3, -0.25) is 9.59 Å². The number of ether oxygens (including phenoxy) is 1. The molecule has 0 amide bonds. The number of rotatable bonds is 7. The van der Waals surface area contributed by atoms with Crippen molar-refractivity contribution in [2.75, 3.05) is 0 Å². The van der Waals surface area contributed by atoms with Crippen molar-refractivity contribution in [2.24, 2.45) is 0 Å². The van der Waals surface area contributed by atoms with E-state index in [4.69, 9.17) is 4.74 Å². The SMILES string of the molecule is Cc1cc(=O)n2nc(COC(=O)CCCCc3nc4ccccc4s3)sc2n1. The molecule has 0 unspecified atom stereocenters. The first kappa shape index (κ1) is 18.7. The Morgan fingerprint density at radius 1 is 1.14 bits per heavy atom. The van der Waals surface area contributed by atoms with Crippen molar-refractivity contribution in [1.29, 1.82) is 0 Å². The van der Waals surface area contributed by atoms with Gasteiger partial charge in [-0.2, -0.15) is 9.61 Å². The van der Waals surface area contributed by atoms with E-state index in [0.29, 0.717) is 22.1 Å². The summed E-state index contributed by atoms with van der Waals surface area (Å²) < 4.78 is 7.71. The van der Waals surface area contributed by atoms with Crippen molar-refractivity contribution >= 4 is 43.8 Å². The molecule has 0 bridgehead atoms. The average molecular weight is 415 g/mol. The Balaban J connectivity index is 1.23. The van der Waals surface area contributed by atoms with Crippen LogP contribution in [0.1, 0.15) is 35.0 Å². The highest BCUT2D eigenvalue weighted by molar-refractivity contribution is 7.18. The van der Waals surface area contributed by atoms with Crippen molar-refractivity contribution in [3.8, 4) is 0 Å². The van der Waals surface area contributed by atoms with Gasteiger partial charge in [-0.05, 0) is 38.3 Å². The lowest BCUT2D eigenvalue weighted by molar-refractivity contribution is -0.145. The van der Waals surface area contributed by atoms with Crippen LogP contribution in [0.3, 0.4) is 0 Å². The van der Waals surface area contributed by atoms with E-state index in [9.17, 15) is 9.59 Å². The quantitative estimate of drug-likeness (QED) is 0.340. The first-order valence-corrected chi connectivity index (χ1v) is 10.6. The maximum Gasteiger partial charge on any atom is 0.306 e. The molecule has 4 aromatic rings. The molecule has 1 aromatic carbocycles. The summed E-state index contributed by atoms with van der Waals surface area (Å²) in [5, 5.41) is 5.81. The minimum atomic E-state index is -0.264. The Kier molecular flexibility index (Phi) is 5.45. The summed E-state index contributed by atoms with van der Waals surface area (Å²) >= 11 is 2.95. The molecule has 3 heterocycles. The lowest BCUT2D eigenvalue weighted by Gasteiger charge is -2.01. The molecule has 9 heteroatoms. The molecule has 0 atom stereocenters. The first-order chi connectivity index (χ1) is 13.6. The molecule has 7 nitrogen and oxygen atoms in total. The zero-order valence-corrected chi connectivity index (χ0v) is 16.9. The molecule has 3 aromatic heterocycles. The van der Waals surface area contributed by atoms with Gasteiger partial charge in [0.2, 0.25) is 4.96 Å². The van der Waals surface area contributed by atoms with Gasteiger partial charge in [0.05, 0.1) is 15.2 Å². The second kappa shape index (κ2) is 8.15. The van der Waals surface area contributed by atoms with Crippen molar-refractivity contribution in [3.05, 3.63) is 56.4 Å². The van der Waals surface area contributed by atoms with Crippen molar-refractivity contribution < 1.29 is 9.53 Å². The van der Waals surface area contributed by atoms with E-state index in [1.807, 2.05) is 18.2 Å². The van der Waals surface area contributed by atoms with Crippen LogP contribution >= 0.6 is 22.7 Å². The van der Waals surface area contributed by atoms with E-state index in [1.54, 1.807) is 18.3 Å². The smallest absolute Gasteiger partial charge is 0.306 e. The highest BCUT2D eigenvalue weighted by Gasteiger charge is 2.10. The molecule has 0 radical (unpaired) electrons. The van der Waals surface area contributed by atoms with Crippen molar-refractivity contribution in [2.45, 2.75) is 39.2 Å². The first-order valence-electron chi connectivity index (χ1n) is 8.95. The van der Waals surface area contributed by atoms with Crippen LogP contribution in [-0.2, 0) is 22.6 Å². The monoisotopic (exact) mass is 414 g/mol. The maximum atomic E-state index is 12.0. The topological polar surface area (TPSA) is 86.5 Å². The van der Waals surface area contributed by atoms with E-state index >= 15 is 0 Å². The predicted octanol–water partition coefficient (Wildman–Crippen LogP) is 3.53. The summed E-state index contributed by atoms with van der Waals surface area (Å²) in [6.45, 7) is 1.82. The Hall–Kier alpha value is -2.65. The van der Waals surface area contributed by atoms with E-state index in [-0.39, 0.29) is 18.1 Å². The number of benzene rings is 1. The lowest BCUT2D eigenvalue weighted by Crippen LogP contribution is -2.14. The van der Waals surface area contributed by atoms with Crippen LogP contribution in [0.25, 0.3) is 15.2 Å². The number of aryl methyl sites for hydroxylation is 2. The summed E-state index contributed by atoms with van der Waals surface area (Å²) in [5.74, 6) is -0.264. The number of esters is 1. The van der Waals surface area contributed by atoms with Gasteiger partial charge in [0.25, 0.3) is 5.56 Å². The fourth-order valence-corrected chi connectivity index (χ4v) is 4.67. The van der Waals surface area contributed by atoms with Gasteiger partial charge in [0.1, 0.15) is 6.61 Å². The molecule has 0 saturated heterocycles. The number of carbonyl (C=O) groups is 1. The van der Waals surface area contributed by atoms with Gasteiger partial charge in [0, 0.05) is 18.2 Å². The van der Waals surface area contributed by atoms with Gasteiger partial charge in [-0.25, -0.2) is 9.97 Å². The fraction of sp³-hybridized carbons (Fsp3) is 0.316. The fourth-order valence-electron chi connectivity index (χ4n) is 2.81. The highest BCUT2D eigenvalue weighted by atomic mass is 32.1. The molecule has 4 rings (SSSR count). The van der Waals surface area contributed by atoms with Crippen LogP contribution in [-0.4, -0.2) is 25.6 Å². The Labute approximate surface area is 168 Å². The minimum absolute atomic E-state index is 0.0587. The Bertz CT molecular complexity index is 1160. The van der Waals surface area contributed by atoms with E-state index in [1.165, 1.54) is 26.6 Å². The second-order valence-corrected chi connectivity index (χ2v) is 8.52. The number of unbranched alkanes of at least 4 members (excludes halogenated alkanes) is 1.